The summed E-state index contributed by atoms with van der Waals surface area (Å²) in [5.41, 5.74) is 6.04. The van der Waals surface area contributed by atoms with Gasteiger partial charge in [0.1, 0.15) is 6.29 Å². The third-order valence-corrected chi connectivity index (χ3v) is 4.53. The van der Waals surface area contributed by atoms with Crippen LogP contribution in [-0.2, 0) is 4.79 Å². The van der Waals surface area contributed by atoms with Gasteiger partial charge in [-0.2, -0.15) is 0 Å². The average molecular weight is 286 g/mol. The van der Waals surface area contributed by atoms with E-state index >= 15 is 0 Å². The normalized spacial score (nSPS) is 20.2. The Kier molecular flexibility index (Phi) is 6.87. The molecule has 0 fully saturated rings. The van der Waals surface area contributed by atoms with Crippen molar-refractivity contribution >= 4 is 6.29 Å². The van der Waals surface area contributed by atoms with Gasteiger partial charge in [0.05, 0.1) is 0 Å². The number of carbonyl (C=O) groups excluding carboxylic acids is 1. The van der Waals surface area contributed by atoms with Crippen LogP contribution in [0.1, 0.15) is 66.7 Å². The van der Waals surface area contributed by atoms with Gasteiger partial charge in [-0.05, 0) is 69.9 Å². The first-order valence-corrected chi connectivity index (χ1v) is 8.02. The Morgan fingerprint density at radius 1 is 1.24 bits per heavy atom. The summed E-state index contributed by atoms with van der Waals surface area (Å²) in [5.74, 6) is 0. The molecule has 1 rings (SSSR count). The van der Waals surface area contributed by atoms with Crippen molar-refractivity contribution in [2.45, 2.75) is 66.7 Å². The third-order valence-electron chi connectivity index (χ3n) is 4.53. The molecule has 0 atom stereocenters. The lowest BCUT2D eigenvalue weighted by Crippen LogP contribution is -2.20. The van der Waals surface area contributed by atoms with Crippen LogP contribution < -0.4 is 0 Å². The predicted molar refractivity (Wildman–Crippen MR) is 92.3 cm³/mol. The maximum absolute atomic E-state index is 10.4. The molecule has 0 aliphatic heterocycles. The molecule has 0 amide bonds. The highest BCUT2D eigenvalue weighted by molar-refractivity contribution is 5.66. The van der Waals surface area contributed by atoms with Gasteiger partial charge in [-0.25, -0.2) is 0 Å². The number of aldehydes is 1. The van der Waals surface area contributed by atoms with E-state index in [0.29, 0.717) is 5.41 Å². The van der Waals surface area contributed by atoms with E-state index in [1.807, 2.05) is 19.1 Å². The molecule has 0 saturated heterocycles. The van der Waals surface area contributed by atoms with Gasteiger partial charge in [-0.1, -0.05) is 48.8 Å². The van der Waals surface area contributed by atoms with E-state index < -0.39 is 0 Å². The van der Waals surface area contributed by atoms with E-state index in [1.54, 1.807) is 17.2 Å². The number of carbonyl (C=O) groups is 1. The minimum atomic E-state index is 0.377. The highest BCUT2D eigenvalue weighted by atomic mass is 16.1. The molecule has 21 heavy (non-hydrogen) atoms. The van der Waals surface area contributed by atoms with Crippen LogP contribution >= 0.6 is 0 Å². The zero-order valence-electron chi connectivity index (χ0n) is 14.3. The number of allylic oxidation sites excluding steroid dienone is 8. The van der Waals surface area contributed by atoms with Crippen molar-refractivity contribution in [2.75, 3.05) is 0 Å². The van der Waals surface area contributed by atoms with E-state index in [9.17, 15) is 4.79 Å². The van der Waals surface area contributed by atoms with Gasteiger partial charge in [0.25, 0.3) is 0 Å². The van der Waals surface area contributed by atoms with Gasteiger partial charge in [-0.3, -0.25) is 4.79 Å². The van der Waals surface area contributed by atoms with Crippen LogP contribution in [0.25, 0.3) is 0 Å². The fourth-order valence-corrected chi connectivity index (χ4v) is 3.16. The summed E-state index contributed by atoms with van der Waals surface area (Å²) in [5, 5.41) is 0. The molecule has 116 valence electrons. The molecule has 0 bridgehead atoms. The zero-order chi connectivity index (χ0) is 15.9. The number of rotatable bonds is 6. The van der Waals surface area contributed by atoms with Crippen molar-refractivity contribution in [1.29, 1.82) is 0 Å². The summed E-state index contributed by atoms with van der Waals surface area (Å²) in [6.07, 6.45) is 14.8. The summed E-state index contributed by atoms with van der Waals surface area (Å²) in [6.45, 7) is 11.2. The van der Waals surface area contributed by atoms with Gasteiger partial charge in [0, 0.05) is 0 Å². The average Bonchev–Trinajstić information content (AvgIpc) is 2.37. The highest BCUT2D eigenvalue weighted by Gasteiger charge is 2.27. The molecule has 0 saturated carbocycles. The summed E-state index contributed by atoms with van der Waals surface area (Å²) in [7, 11) is 0. The molecule has 0 aromatic heterocycles. The van der Waals surface area contributed by atoms with Gasteiger partial charge < -0.3 is 0 Å². The Hall–Kier alpha value is -1.37. The van der Waals surface area contributed by atoms with Crippen molar-refractivity contribution < 1.29 is 4.79 Å². The zero-order valence-corrected chi connectivity index (χ0v) is 14.3. The molecule has 0 aromatic carbocycles. The fraction of sp³-hybridized carbons (Fsp3) is 0.550. The summed E-state index contributed by atoms with van der Waals surface area (Å²) < 4.78 is 0. The Labute approximate surface area is 130 Å². The summed E-state index contributed by atoms with van der Waals surface area (Å²) >= 11 is 0. The standard InChI is InChI=1S/C20H30O/c1-16(8-6-9-17(2)13-15-21)11-12-19-18(3)10-7-14-20(19,4)5/h6,8-9,13,15H,7,10-12,14H2,1-5H3/b9-6+,16-8+,17-13+. The first kappa shape index (κ1) is 17.7. The second-order valence-corrected chi connectivity index (χ2v) is 6.92. The molecule has 1 heteroatoms. The van der Waals surface area contributed by atoms with E-state index in [0.717, 1.165) is 18.3 Å². The van der Waals surface area contributed by atoms with Crippen LogP contribution in [0.2, 0.25) is 0 Å². The molecule has 1 aliphatic carbocycles. The van der Waals surface area contributed by atoms with Crippen molar-refractivity contribution in [3.63, 3.8) is 0 Å². The molecule has 0 spiro atoms. The Bertz CT molecular complexity index is 484. The molecule has 1 aliphatic rings. The molecular formula is C20H30O. The molecule has 1 nitrogen and oxygen atoms in total. The van der Waals surface area contributed by atoms with Crippen LogP contribution in [0, 0.1) is 5.41 Å². The Morgan fingerprint density at radius 3 is 2.57 bits per heavy atom. The van der Waals surface area contributed by atoms with E-state index in [-0.39, 0.29) is 0 Å². The first-order valence-electron chi connectivity index (χ1n) is 8.02. The number of hydrogen-bond donors (Lipinski definition) is 0. The van der Waals surface area contributed by atoms with Crippen molar-refractivity contribution in [3.8, 4) is 0 Å². The van der Waals surface area contributed by atoms with Crippen molar-refractivity contribution in [1.82, 2.24) is 0 Å². The van der Waals surface area contributed by atoms with E-state index in [4.69, 9.17) is 0 Å². The molecule has 0 unspecified atom stereocenters. The van der Waals surface area contributed by atoms with Crippen LogP contribution in [0.3, 0.4) is 0 Å². The van der Waals surface area contributed by atoms with Crippen LogP contribution in [0.5, 0.6) is 0 Å². The molecule has 0 N–H and O–H groups in total. The van der Waals surface area contributed by atoms with Crippen LogP contribution in [-0.4, -0.2) is 6.29 Å². The van der Waals surface area contributed by atoms with Crippen molar-refractivity contribution in [2.24, 2.45) is 5.41 Å². The topological polar surface area (TPSA) is 17.1 Å². The quantitative estimate of drug-likeness (QED) is 0.255. The minimum absolute atomic E-state index is 0.377. The molecule has 0 heterocycles. The second-order valence-electron chi connectivity index (χ2n) is 6.92. The van der Waals surface area contributed by atoms with Gasteiger partial charge in [-0.15, -0.1) is 0 Å². The molecular weight excluding hydrogens is 256 g/mol. The van der Waals surface area contributed by atoms with Gasteiger partial charge in [0.15, 0.2) is 0 Å². The summed E-state index contributed by atoms with van der Waals surface area (Å²) in [6, 6.07) is 0. The smallest absolute Gasteiger partial charge is 0.143 e. The lowest BCUT2D eigenvalue weighted by atomic mass is 9.71. The fourth-order valence-electron chi connectivity index (χ4n) is 3.16. The second kappa shape index (κ2) is 8.17. The van der Waals surface area contributed by atoms with Gasteiger partial charge in [0.2, 0.25) is 0 Å². The largest absolute Gasteiger partial charge is 0.299 e. The summed E-state index contributed by atoms with van der Waals surface area (Å²) in [4.78, 5) is 10.4. The SMILES string of the molecule is CC1=C(CC/C(C)=C/C=C/C(C)=C/C=O)C(C)(C)CCC1. The Balaban J connectivity index is 2.62. The molecule has 0 radical (unpaired) electrons. The number of hydrogen-bond acceptors (Lipinski definition) is 1. The Morgan fingerprint density at radius 2 is 1.95 bits per heavy atom. The highest BCUT2D eigenvalue weighted by Crippen LogP contribution is 2.42. The van der Waals surface area contributed by atoms with Crippen LogP contribution in [0.15, 0.2) is 46.6 Å². The first-order chi connectivity index (χ1) is 9.86. The maximum atomic E-state index is 10.4. The monoisotopic (exact) mass is 286 g/mol. The van der Waals surface area contributed by atoms with Gasteiger partial charge >= 0.3 is 0 Å². The van der Waals surface area contributed by atoms with E-state index in [1.165, 1.54) is 31.3 Å². The third kappa shape index (κ3) is 5.87. The van der Waals surface area contributed by atoms with Crippen LogP contribution in [0.4, 0.5) is 0 Å². The maximum Gasteiger partial charge on any atom is 0.143 e. The minimum Gasteiger partial charge on any atom is -0.299 e. The van der Waals surface area contributed by atoms with Crippen molar-refractivity contribution in [3.05, 3.63) is 46.6 Å². The lowest BCUT2D eigenvalue weighted by Gasteiger charge is -2.34. The lowest BCUT2D eigenvalue weighted by molar-refractivity contribution is -0.104. The van der Waals surface area contributed by atoms with E-state index in [2.05, 4.69) is 33.8 Å². The predicted octanol–water partition coefficient (Wildman–Crippen LogP) is 5.94. The molecule has 0 aromatic rings.